The molecule has 2 heterocycles. The van der Waals surface area contributed by atoms with Crippen molar-refractivity contribution in [3.05, 3.63) is 211 Å². The molecule has 12 rings (SSSR count). The van der Waals surface area contributed by atoms with E-state index in [1.165, 1.54) is 126 Å². The third kappa shape index (κ3) is 6.76. The van der Waals surface area contributed by atoms with E-state index < -0.39 is 0 Å². The van der Waals surface area contributed by atoms with Crippen LogP contribution in [0.25, 0.3) is 115 Å². The number of para-hydroxylation sites is 1. The van der Waals surface area contributed by atoms with Gasteiger partial charge < -0.3 is 9.13 Å². The SMILES string of the molecule is CCn1c2ccc(-c3ccc(-c4c5ccccc5c(-c5ccc(-c6ccc7c(c6)c6cc(C(C)(C)C)ccc6n7-c6ccccc6)cc5)c5ccccc45)cc3)cc2c2cc(C(C)(C)C)ccc21. The van der Waals surface area contributed by atoms with Crippen LogP contribution in [0.15, 0.2) is 200 Å². The standard InChI is InChI=1S/C66H56N2/c1-8-67-59-34-30-46(38-55(59)57-40-48(65(2,3)4)32-36-60(57)67)42-22-26-44(27-23-42)63-51-18-12-14-20-53(51)64(54-21-15-13-19-52(54)63)45-28-24-43(25-29-45)47-31-35-61-56(39-47)58-41-49(66(5,6)7)33-37-62(58)68(61)50-16-10-9-11-17-50/h9-41H,8H2,1-7H3. The molecule has 0 aliphatic heterocycles. The Balaban J connectivity index is 0.934. The second-order valence-electron chi connectivity index (χ2n) is 20.8. The van der Waals surface area contributed by atoms with E-state index >= 15 is 0 Å². The van der Waals surface area contributed by atoms with Gasteiger partial charge in [0.15, 0.2) is 0 Å². The molecule has 330 valence electrons. The molecule has 12 aromatic rings. The first-order valence-corrected chi connectivity index (χ1v) is 24.3. The first kappa shape index (κ1) is 41.7. The molecule has 2 nitrogen and oxygen atoms in total. The Morgan fingerprint density at radius 1 is 0.309 bits per heavy atom. The van der Waals surface area contributed by atoms with E-state index in [2.05, 4.69) is 258 Å². The monoisotopic (exact) mass is 876 g/mol. The minimum absolute atomic E-state index is 0.0475. The zero-order valence-corrected chi connectivity index (χ0v) is 40.2. The summed E-state index contributed by atoms with van der Waals surface area (Å²) in [6.45, 7) is 17.0. The molecule has 2 aromatic heterocycles. The van der Waals surface area contributed by atoms with E-state index in [0.29, 0.717) is 0 Å². The third-order valence-electron chi connectivity index (χ3n) is 14.6. The van der Waals surface area contributed by atoms with Crippen molar-refractivity contribution >= 4 is 65.2 Å². The van der Waals surface area contributed by atoms with Crippen LogP contribution in [0.5, 0.6) is 0 Å². The highest BCUT2D eigenvalue weighted by molar-refractivity contribution is 6.21. The Bertz CT molecular complexity index is 3860. The summed E-state index contributed by atoms with van der Waals surface area (Å²) in [6.07, 6.45) is 0. The van der Waals surface area contributed by atoms with E-state index in [4.69, 9.17) is 0 Å². The van der Waals surface area contributed by atoms with Crippen molar-refractivity contribution in [2.24, 2.45) is 0 Å². The lowest BCUT2D eigenvalue weighted by atomic mass is 9.85. The van der Waals surface area contributed by atoms with Crippen LogP contribution in [0.4, 0.5) is 0 Å². The number of aromatic nitrogens is 2. The average molecular weight is 877 g/mol. The number of fused-ring (bicyclic) bond motifs is 8. The minimum atomic E-state index is 0.0475. The van der Waals surface area contributed by atoms with E-state index in [0.717, 1.165) is 6.54 Å². The number of nitrogens with zero attached hydrogens (tertiary/aromatic N) is 2. The van der Waals surface area contributed by atoms with Crippen LogP contribution in [-0.2, 0) is 17.4 Å². The Morgan fingerprint density at radius 3 is 1.09 bits per heavy atom. The molecular formula is C66H56N2. The maximum atomic E-state index is 2.45. The van der Waals surface area contributed by atoms with E-state index in [1.54, 1.807) is 0 Å². The Hall–Kier alpha value is -7.68. The Kier molecular flexibility index (Phi) is 9.64. The van der Waals surface area contributed by atoms with Crippen LogP contribution in [0.2, 0.25) is 0 Å². The largest absolute Gasteiger partial charge is 0.341 e. The van der Waals surface area contributed by atoms with Crippen molar-refractivity contribution in [1.29, 1.82) is 0 Å². The molecule has 0 spiro atoms. The number of aryl methyl sites for hydroxylation is 1. The average Bonchev–Trinajstić information content (AvgIpc) is 3.86. The maximum Gasteiger partial charge on any atom is 0.0541 e. The second kappa shape index (κ2) is 15.7. The summed E-state index contributed by atoms with van der Waals surface area (Å²) >= 11 is 0. The van der Waals surface area contributed by atoms with Gasteiger partial charge in [0.1, 0.15) is 0 Å². The summed E-state index contributed by atoms with van der Waals surface area (Å²) < 4.78 is 4.86. The van der Waals surface area contributed by atoms with Crippen LogP contribution in [0.1, 0.15) is 59.6 Å². The zero-order chi connectivity index (χ0) is 46.5. The van der Waals surface area contributed by atoms with Gasteiger partial charge in [-0.05, 0) is 156 Å². The van der Waals surface area contributed by atoms with Gasteiger partial charge in [-0.25, -0.2) is 0 Å². The van der Waals surface area contributed by atoms with Crippen molar-refractivity contribution < 1.29 is 0 Å². The summed E-state index contributed by atoms with van der Waals surface area (Å²) in [5.74, 6) is 0. The van der Waals surface area contributed by atoms with Gasteiger partial charge in [0.05, 0.1) is 11.0 Å². The molecule has 0 saturated carbocycles. The summed E-state index contributed by atoms with van der Waals surface area (Å²) in [6, 6.07) is 75.3. The zero-order valence-electron chi connectivity index (χ0n) is 40.2. The van der Waals surface area contributed by atoms with Crippen LogP contribution >= 0.6 is 0 Å². The van der Waals surface area contributed by atoms with Crippen molar-refractivity contribution in [3.8, 4) is 50.2 Å². The quantitative estimate of drug-likeness (QED) is 0.147. The van der Waals surface area contributed by atoms with E-state index in [-0.39, 0.29) is 10.8 Å². The first-order chi connectivity index (χ1) is 32.9. The van der Waals surface area contributed by atoms with Crippen molar-refractivity contribution in [2.75, 3.05) is 0 Å². The fraction of sp³-hybridized carbons (Fsp3) is 0.152. The highest BCUT2D eigenvalue weighted by atomic mass is 15.0. The normalized spacial score (nSPS) is 12.4. The minimum Gasteiger partial charge on any atom is -0.341 e. The molecule has 0 aliphatic carbocycles. The van der Waals surface area contributed by atoms with Gasteiger partial charge in [0, 0.05) is 44.8 Å². The van der Waals surface area contributed by atoms with Crippen molar-refractivity contribution in [2.45, 2.75) is 65.8 Å². The van der Waals surface area contributed by atoms with Gasteiger partial charge in [0.25, 0.3) is 0 Å². The van der Waals surface area contributed by atoms with Gasteiger partial charge in [-0.1, -0.05) is 181 Å². The number of benzene rings is 10. The van der Waals surface area contributed by atoms with Gasteiger partial charge in [-0.3, -0.25) is 0 Å². The molecule has 0 atom stereocenters. The molecule has 0 unspecified atom stereocenters. The molecule has 0 fully saturated rings. The molecule has 0 saturated heterocycles. The van der Waals surface area contributed by atoms with Crippen LogP contribution in [0, 0.1) is 0 Å². The van der Waals surface area contributed by atoms with Crippen molar-refractivity contribution in [1.82, 2.24) is 9.13 Å². The van der Waals surface area contributed by atoms with E-state index in [1.807, 2.05) is 0 Å². The molecule has 0 N–H and O–H groups in total. The molecule has 2 heteroatoms. The molecule has 10 aromatic carbocycles. The maximum absolute atomic E-state index is 2.45. The molecule has 0 amide bonds. The van der Waals surface area contributed by atoms with Gasteiger partial charge in [-0.2, -0.15) is 0 Å². The summed E-state index contributed by atoms with van der Waals surface area (Å²) in [5.41, 5.74) is 18.9. The lowest BCUT2D eigenvalue weighted by molar-refractivity contribution is 0.591. The Labute approximate surface area is 399 Å². The molecular weight excluding hydrogens is 821 g/mol. The van der Waals surface area contributed by atoms with Gasteiger partial charge in [-0.15, -0.1) is 0 Å². The smallest absolute Gasteiger partial charge is 0.0541 e. The number of hydrogen-bond donors (Lipinski definition) is 0. The third-order valence-corrected chi connectivity index (χ3v) is 14.6. The molecule has 0 radical (unpaired) electrons. The number of rotatable bonds is 6. The topological polar surface area (TPSA) is 9.86 Å². The lowest BCUT2D eigenvalue weighted by Crippen LogP contribution is -2.10. The van der Waals surface area contributed by atoms with Gasteiger partial charge in [0.2, 0.25) is 0 Å². The Morgan fingerprint density at radius 2 is 0.647 bits per heavy atom. The van der Waals surface area contributed by atoms with Crippen LogP contribution in [-0.4, -0.2) is 9.13 Å². The molecule has 0 aliphatic rings. The summed E-state index contributed by atoms with van der Waals surface area (Å²) in [4.78, 5) is 0. The lowest BCUT2D eigenvalue weighted by Gasteiger charge is -2.19. The van der Waals surface area contributed by atoms with Crippen LogP contribution in [0.3, 0.4) is 0 Å². The van der Waals surface area contributed by atoms with E-state index in [9.17, 15) is 0 Å². The highest BCUT2D eigenvalue weighted by Gasteiger charge is 2.21. The van der Waals surface area contributed by atoms with Crippen LogP contribution < -0.4 is 0 Å². The molecule has 68 heavy (non-hydrogen) atoms. The summed E-state index contributed by atoms with van der Waals surface area (Å²) in [7, 11) is 0. The highest BCUT2D eigenvalue weighted by Crippen LogP contribution is 2.45. The first-order valence-electron chi connectivity index (χ1n) is 24.3. The summed E-state index contributed by atoms with van der Waals surface area (Å²) in [5, 5.41) is 10.2. The fourth-order valence-corrected chi connectivity index (χ4v) is 11.0. The number of hydrogen-bond acceptors (Lipinski definition) is 0. The van der Waals surface area contributed by atoms with Crippen molar-refractivity contribution in [3.63, 3.8) is 0 Å². The molecule has 0 bridgehead atoms. The fourth-order valence-electron chi connectivity index (χ4n) is 11.0. The predicted molar refractivity (Wildman–Crippen MR) is 294 cm³/mol. The second-order valence-corrected chi connectivity index (χ2v) is 20.8. The predicted octanol–water partition coefficient (Wildman–Crippen LogP) is 18.5. The van der Waals surface area contributed by atoms with Gasteiger partial charge >= 0.3 is 0 Å².